The molecule has 0 amide bonds. The van der Waals surface area contributed by atoms with E-state index in [0.717, 1.165) is 31.5 Å². The third kappa shape index (κ3) is 4.55. The van der Waals surface area contributed by atoms with Crippen molar-refractivity contribution in [3.8, 4) is 28.4 Å². The molecular weight excluding hydrogens is 457 g/mol. The summed E-state index contributed by atoms with van der Waals surface area (Å²) < 4.78 is 23.0. The summed E-state index contributed by atoms with van der Waals surface area (Å²) in [7, 11) is 2.13. The SMILES string of the molecule is [C-]#[N+]c1ccc(-c2nc(OC[C@@H]3CCCN(C)C3)n3ccnc3c2-c2cc(C)c(CO)c(F)c2)cc1. The van der Waals surface area contributed by atoms with Gasteiger partial charge in [-0.1, -0.05) is 30.3 Å². The second-order valence-corrected chi connectivity index (χ2v) is 9.39. The maximum absolute atomic E-state index is 14.9. The number of rotatable bonds is 6. The van der Waals surface area contributed by atoms with Crippen LogP contribution >= 0.6 is 0 Å². The fraction of sp³-hybridized carbons (Fsp3) is 0.321. The molecule has 8 heteroatoms. The van der Waals surface area contributed by atoms with Gasteiger partial charge in [-0.05, 0) is 56.1 Å². The van der Waals surface area contributed by atoms with Crippen LogP contribution in [0.25, 0.3) is 32.9 Å². The lowest BCUT2D eigenvalue weighted by molar-refractivity contribution is 0.143. The average molecular weight is 486 g/mol. The summed E-state index contributed by atoms with van der Waals surface area (Å²) in [4.78, 5) is 15.3. The van der Waals surface area contributed by atoms with Gasteiger partial charge in [0.25, 0.3) is 0 Å². The molecule has 1 fully saturated rings. The van der Waals surface area contributed by atoms with E-state index in [1.807, 2.05) is 18.2 Å². The average Bonchev–Trinajstić information content (AvgIpc) is 3.37. The van der Waals surface area contributed by atoms with Crippen LogP contribution in [0.15, 0.2) is 48.8 Å². The number of aliphatic hydroxyl groups is 1. The second-order valence-electron chi connectivity index (χ2n) is 9.39. The van der Waals surface area contributed by atoms with Crippen LogP contribution in [0.3, 0.4) is 0 Å². The molecule has 1 N–H and O–H groups in total. The van der Waals surface area contributed by atoms with Crippen LogP contribution in [0.5, 0.6) is 6.01 Å². The predicted molar refractivity (Wildman–Crippen MR) is 136 cm³/mol. The van der Waals surface area contributed by atoms with Gasteiger partial charge in [0.2, 0.25) is 0 Å². The van der Waals surface area contributed by atoms with Crippen molar-refractivity contribution in [3.05, 3.63) is 77.2 Å². The first-order chi connectivity index (χ1) is 17.5. The van der Waals surface area contributed by atoms with Crippen LogP contribution in [0.1, 0.15) is 24.0 Å². The van der Waals surface area contributed by atoms with E-state index in [4.69, 9.17) is 16.3 Å². The molecule has 7 nitrogen and oxygen atoms in total. The predicted octanol–water partition coefficient (Wildman–Crippen LogP) is 5.27. The summed E-state index contributed by atoms with van der Waals surface area (Å²) in [6, 6.07) is 10.8. The number of hydrogen-bond acceptors (Lipinski definition) is 5. The number of aryl methyl sites for hydroxylation is 1. The number of aliphatic hydroxyl groups excluding tert-OH is 1. The van der Waals surface area contributed by atoms with Gasteiger partial charge in [-0.25, -0.2) is 14.2 Å². The van der Waals surface area contributed by atoms with Gasteiger partial charge in [0.05, 0.1) is 31.0 Å². The summed E-state index contributed by atoms with van der Waals surface area (Å²) in [6.45, 7) is 11.3. The molecule has 36 heavy (non-hydrogen) atoms. The van der Waals surface area contributed by atoms with E-state index < -0.39 is 5.82 Å². The Hall–Kier alpha value is -3.80. The van der Waals surface area contributed by atoms with Gasteiger partial charge in [-0.15, -0.1) is 0 Å². The molecule has 4 aromatic rings. The Labute approximate surface area is 209 Å². The van der Waals surface area contributed by atoms with Gasteiger partial charge in [0.15, 0.2) is 11.3 Å². The fourth-order valence-electron chi connectivity index (χ4n) is 4.94. The van der Waals surface area contributed by atoms with E-state index in [2.05, 4.69) is 21.8 Å². The number of aromatic nitrogens is 3. The maximum atomic E-state index is 14.9. The number of fused-ring (bicyclic) bond motifs is 1. The summed E-state index contributed by atoms with van der Waals surface area (Å²) >= 11 is 0. The highest BCUT2D eigenvalue weighted by molar-refractivity contribution is 5.90. The Morgan fingerprint density at radius 2 is 2.03 bits per heavy atom. The molecular formula is C28H28FN5O2. The van der Waals surface area contributed by atoms with Gasteiger partial charge in [-0.3, -0.25) is 4.40 Å². The molecule has 0 unspecified atom stereocenters. The summed E-state index contributed by atoms with van der Waals surface area (Å²) in [5.41, 5.74) is 4.67. The first-order valence-electron chi connectivity index (χ1n) is 12.0. The molecule has 2 aromatic heterocycles. The van der Waals surface area contributed by atoms with Crippen LogP contribution in [-0.4, -0.2) is 51.1 Å². The Kier molecular flexibility index (Phi) is 6.68. The Balaban J connectivity index is 1.66. The van der Waals surface area contributed by atoms with Gasteiger partial charge in [0, 0.05) is 30.4 Å². The standard InChI is InChI=1S/C28H28FN5O2/c1-18-13-21(14-24(29)23(18)16-35)25-26(20-6-8-22(30-2)9-7-20)32-28(34-12-10-31-27(25)34)36-17-19-5-4-11-33(3)15-19/h6-10,12-14,19,35H,4-5,11,15-17H2,1,3H3/t19-/m1/s1. The van der Waals surface area contributed by atoms with E-state index in [1.54, 1.807) is 35.9 Å². The summed E-state index contributed by atoms with van der Waals surface area (Å²) in [5.74, 6) is -0.0683. The molecule has 1 atom stereocenters. The van der Waals surface area contributed by atoms with E-state index in [9.17, 15) is 9.50 Å². The lowest BCUT2D eigenvalue weighted by Crippen LogP contribution is -2.35. The van der Waals surface area contributed by atoms with E-state index in [0.29, 0.717) is 52.3 Å². The van der Waals surface area contributed by atoms with Crippen molar-refractivity contribution in [2.45, 2.75) is 26.4 Å². The summed E-state index contributed by atoms with van der Waals surface area (Å²) in [5, 5.41) is 9.59. The van der Waals surface area contributed by atoms with Crippen molar-refractivity contribution in [2.24, 2.45) is 5.92 Å². The lowest BCUT2D eigenvalue weighted by Gasteiger charge is -2.29. The van der Waals surface area contributed by atoms with Crippen molar-refractivity contribution in [3.63, 3.8) is 0 Å². The van der Waals surface area contributed by atoms with Gasteiger partial charge in [-0.2, -0.15) is 4.98 Å². The summed E-state index contributed by atoms with van der Waals surface area (Å²) in [6.07, 6.45) is 5.73. The van der Waals surface area contributed by atoms with Crippen LogP contribution in [0.4, 0.5) is 10.1 Å². The van der Waals surface area contributed by atoms with Crippen molar-refractivity contribution in [1.29, 1.82) is 0 Å². The number of likely N-dealkylation sites (tertiary alicyclic amines) is 1. The molecule has 0 radical (unpaired) electrons. The van der Waals surface area contributed by atoms with Gasteiger partial charge in [0.1, 0.15) is 5.82 Å². The minimum atomic E-state index is -0.478. The highest BCUT2D eigenvalue weighted by Crippen LogP contribution is 2.38. The number of hydrogen-bond donors (Lipinski definition) is 1. The molecule has 3 heterocycles. The highest BCUT2D eigenvalue weighted by Gasteiger charge is 2.23. The van der Waals surface area contributed by atoms with Crippen LogP contribution in [-0.2, 0) is 6.61 Å². The maximum Gasteiger partial charge on any atom is 0.302 e. The normalized spacial score (nSPS) is 16.2. The number of halogens is 1. The Bertz CT molecular complexity index is 1420. The molecule has 184 valence electrons. The smallest absolute Gasteiger partial charge is 0.302 e. The number of benzene rings is 2. The van der Waals surface area contributed by atoms with E-state index in [1.165, 1.54) is 6.07 Å². The Morgan fingerprint density at radius 1 is 1.22 bits per heavy atom. The molecule has 0 saturated carbocycles. The topological polar surface area (TPSA) is 67.2 Å². The molecule has 0 aliphatic carbocycles. The van der Waals surface area contributed by atoms with Crippen molar-refractivity contribution < 1.29 is 14.2 Å². The third-order valence-corrected chi connectivity index (χ3v) is 6.82. The zero-order valence-corrected chi connectivity index (χ0v) is 20.4. The molecule has 1 aliphatic heterocycles. The largest absolute Gasteiger partial charge is 0.464 e. The quantitative estimate of drug-likeness (QED) is 0.377. The number of nitrogens with zero attached hydrogens (tertiary/aromatic N) is 5. The monoisotopic (exact) mass is 485 g/mol. The van der Waals surface area contributed by atoms with Gasteiger partial charge < -0.3 is 14.7 Å². The zero-order chi connectivity index (χ0) is 25.2. The second kappa shape index (κ2) is 10.1. The molecule has 2 aromatic carbocycles. The molecule has 1 aliphatic rings. The highest BCUT2D eigenvalue weighted by atomic mass is 19.1. The van der Waals surface area contributed by atoms with Crippen molar-refractivity contribution in [1.82, 2.24) is 19.3 Å². The van der Waals surface area contributed by atoms with E-state index in [-0.39, 0.29) is 12.2 Å². The molecule has 5 rings (SSSR count). The number of ether oxygens (including phenoxy) is 1. The fourth-order valence-corrected chi connectivity index (χ4v) is 4.94. The van der Waals surface area contributed by atoms with E-state index >= 15 is 0 Å². The minimum Gasteiger partial charge on any atom is -0.464 e. The van der Waals surface area contributed by atoms with Crippen molar-refractivity contribution >= 4 is 11.3 Å². The van der Waals surface area contributed by atoms with Crippen molar-refractivity contribution in [2.75, 3.05) is 26.7 Å². The first kappa shape index (κ1) is 23.9. The van der Waals surface area contributed by atoms with Crippen LogP contribution in [0.2, 0.25) is 0 Å². The number of piperidine rings is 1. The minimum absolute atomic E-state index is 0.270. The number of imidazole rings is 1. The van der Waals surface area contributed by atoms with Crippen LogP contribution in [0, 0.1) is 25.2 Å². The first-order valence-corrected chi connectivity index (χ1v) is 12.0. The third-order valence-electron chi connectivity index (χ3n) is 6.82. The lowest BCUT2D eigenvalue weighted by atomic mass is 9.96. The zero-order valence-electron chi connectivity index (χ0n) is 20.4. The molecule has 0 spiro atoms. The molecule has 0 bridgehead atoms. The van der Waals surface area contributed by atoms with Crippen LogP contribution < -0.4 is 4.74 Å². The molecule has 1 saturated heterocycles. The Morgan fingerprint density at radius 3 is 2.72 bits per heavy atom. The van der Waals surface area contributed by atoms with Gasteiger partial charge >= 0.3 is 6.01 Å².